The van der Waals surface area contributed by atoms with E-state index in [1.165, 1.54) is 23.9 Å². The molecule has 25 heavy (non-hydrogen) atoms. The molecule has 0 fully saturated rings. The van der Waals surface area contributed by atoms with E-state index in [0.29, 0.717) is 11.0 Å². The first-order chi connectivity index (χ1) is 12.0. The van der Waals surface area contributed by atoms with E-state index in [9.17, 15) is 9.18 Å². The summed E-state index contributed by atoms with van der Waals surface area (Å²) in [7, 11) is 3.44. The van der Waals surface area contributed by atoms with Gasteiger partial charge in [0.05, 0.1) is 6.20 Å². The Morgan fingerprint density at radius 2 is 1.80 bits per heavy atom. The van der Waals surface area contributed by atoms with Gasteiger partial charge in [-0.05, 0) is 41.6 Å². The zero-order chi connectivity index (χ0) is 17.8. The fourth-order valence-electron chi connectivity index (χ4n) is 2.28. The van der Waals surface area contributed by atoms with Crippen molar-refractivity contribution in [2.75, 3.05) is 14.1 Å². The number of oxazole rings is 1. The molecule has 0 saturated heterocycles. The van der Waals surface area contributed by atoms with Crippen LogP contribution in [0.5, 0.6) is 0 Å². The second kappa shape index (κ2) is 7.53. The molecule has 0 aliphatic rings. The highest BCUT2D eigenvalue weighted by molar-refractivity contribution is 8.00. The van der Waals surface area contributed by atoms with Crippen molar-refractivity contribution in [3.05, 3.63) is 72.2 Å². The smallest absolute Gasteiger partial charge is 0.257 e. The van der Waals surface area contributed by atoms with Crippen molar-refractivity contribution in [3.8, 4) is 11.3 Å². The van der Waals surface area contributed by atoms with Crippen LogP contribution in [0.3, 0.4) is 0 Å². The Hall–Kier alpha value is -2.60. The molecular weight excluding hydrogens is 339 g/mol. The molecule has 2 aromatic carbocycles. The first-order valence-electron chi connectivity index (χ1n) is 7.69. The number of carbonyl (C=O) groups excluding carboxylic acids is 1. The molecule has 3 aromatic rings. The lowest BCUT2D eigenvalue weighted by molar-refractivity contribution is -0.128. The first kappa shape index (κ1) is 17.2. The van der Waals surface area contributed by atoms with Crippen LogP contribution in [0.15, 0.2) is 70.4 Å². The molecule has 1 atom stereocenters. The highest BCUT2D eigenvalue weighted by Gasteiger charge is 2.25. The third kappa shape index (κ3) is 4.09. The first-order valence-corrected chi connectivity index (χ1v) is 8.57. The van der Waals surface area contributed by atoms with Crippen LogP contribution in [0, 0.1) is 5.82 Å². The lowest BCUT2D eigenvalue weighted by Crippen LogP contribution is -2.26. The predicted molar refractivity (Wildman–Crippen MR) is 95.6 cm³/mol. The average Bonchev–Trinajstić information content (AvgIpc) is 3.09. The molecule has 0 bridgehead atoms. The molecule has 0 spiro atoms. The Kier molecular flexibility index (Phi) is 5.19. The number of amides is 1. The third-order valence-electron chi connectivity index (χ3n) is 3.60. The Bertz CT molecular complexity index is 847. The minimum Gasteiger partial charge on any atom is -0.431 e. The standard InChI is InChI=1S/C19H17FN2O2S/c1-22(2)18(23)17(14-6-4-3-5-7-14)25-19-21-12-16(24-19)13-8-10-15(20)11-9-13/h3-12,17H,1-2H3. The quantitative estimate of drug-likeness (QED) is 0.636. The summed E-state index contributed by atoms with van der Waals surface area (Å²) < 4.78 is 18.8. The number of likely N-dealkylation sites (N-methyl/N-ethyl adjacent to an activating group) is 1. The van der Waals surface area contributed by atoms with Crippen LogP contribution in [-0.2, 0) is 4.79 Å². The second-order valence-electron chi connectivity index (χ2n) is 5.64. The van der Waals surface area contributed by atoms with Crippen LogP contribution in [-0.4, -0.2) is 29.9 Å². The number of carbonyl (C=O) groups is 1. The number of halogens is 1. The summed E-state index contributed by atoms with van der Waals surface area (Å²) in [4.78, 5) is 18.4. The average molecular weight is 356 g/mol. The predicted octanol–water partition coefficient (Wildman–Crippen LogP) is 4.40. The van der Waals surface area contributed by atoms with Gasteiger partial charge in [-0.2, -0.15) is 0 Å². The van der Waals surface area contributed by atoms with Gasteiger partial charge in [0.2, 0.25) is 5.91 Å². The molecule has 0 aliphatic heterocycles. The van der Waals surface area contributed by atoms with E-state index in [2.05, 4.69) is 4.98 Å². The summed E-state index contributed by atoms with van der Waals surface area (Å²) in [6.07, 6.45) is 1.58. The molecule has 4 nitrogen and oxygen atoms in total. The van der Waals surface area contributed by atoms with Crippen LogP contribution in [0.2, 0.25) is 0 Å². The SMILES string of the molecule is CN(C)C(=O)C(Sc1ncc(-c2ccc(F)cc2)o1)c1ccccc1. The van der Waals surface area contributed by atoms with Crippen molar-refractivity contribution in [2.45, 2.75) is 10.5 Å². The van der Waals surface area contributed by atoms with Crippen molar-refractivity contribution >= 4 is 17.7 Å². The van der Waals surface area contributed by atoms with Crippen molar-refractivity contribution in [3.63, 3.8) is 0 Å². The molecule has 128 valence electrons. The number of hydrogen-bond donors (Lipinski definition) is 0. The van der Waals surface area contributed by atoms with E-state index in [1.54, 1.807) is 37.3 Å². The normalized spacial score (nSPS) is 12.0. The van der Waals surface area contributed by atoms with Gasteiger partial charge in [0.25, 0.3) is 5.22 Å². The Labute approximate surface area is 149 Å². The number of thioether (sulfide) groups is 1. The van der Waals surface area contributed by atoms with Crippen LogP contribution in [0.4, 0.5) is 4.39 Å². The van der Waals surface area contributed by atoms with E-state index < -0.39 is 5.25 Å². The lowest BCUT2D eigenvalue weighted by Gasteiger charge is -2.19. The lowest BCUT2D eigenvalue weighted by atomic mass is 10.1. The Morgan fingerprint density at radius 3 is 2.44 bits per heavy atom. The molecule has 0 saturated carbocycles. The zero-order valence-electron chi connectivity index (χ0n) is 13.8. The maximum atomic E-state index is 13.0. The van der Waals surface area contributed by atoms with Gasteiger partial charge in [0.15, 0.2) is 5.76 Å². The van der Waals surface area contributed by atoms with Crippen LogP contribution in [0.25, 0.3) is 11.3 Å². The Balaban J connectivity index is 1.85. The number of aromatic nitrogens is 1. The number of hydrogen-bond acceptors (Lipinski definition) is 4. The van der Waals surface area contributed by atoms with Gasteiger partial charge < -0.3 is 9.32 Å². The maximum absolute atomic E-state index is 13.0. The summed E-state index contributed by atoms with van der Waals surface area (Å²) in [6.45, 7) is 0. The summed E-state index contributed by atoms with van der Waals surface area (Å²) in [6, 6.07) is 15.5. The van der Waals surface area contributed by atoms with Crippen molar-refractivity contribution in [2.24, 2.45) is 0 Å². The van der Waals surface area contributed by atoms with Gasteiger partial charge in [0, 0.05) is 19.7 Å². The van der Waals surface area contributed by atoms with E-state index >= 15 is 0 Å². The van der Waals surface area contributed by atoms with Gasteiger partial charge in [0.1, 0.15) is 11.1 Å². The molecule has 3 rings (SSSR count). The minimum absolute atomic E-state index is 0.0438. The van der Waals surface area contributed by atoms with Crippen molar-refractivity contribution in [1.29, 1.82) is 0 Å². The molecule has 0 aliphatic carbocycles. The van der Waals surface area contributed by atoms with E-state index in [1.807, 2.05) is 30.3 Å². The molecular formula is C19H17FN2O2S. The summed E-state index contributed by atoms with van der Waals surface area (Å²) in [5, 5.41) is -0.0562. The van der Waals surface area contributed by atoms with Gasteiger partial charge in [-0.25, -0.2) is 9.37 Å². The van der Waals surface area contributed by atoms with Gasteiger partial charge >= 0.3 is 0 Å². The molecule has 1 amide bonds. The third-order valence-corrected chi connectivity index (χ3v) is 4.70. The summed E-state index contributed by atoms with van der Waals surface area (Å²) in [5.41, 5.74) is 1.61. The Morgan fingerprint density at radius 1 is 1.12 bits per heavy atom. The van der Waals surface area contributed by atoms with Gasteiger partial charge in [-0.15, -0.1) is 0 Å². The van der Waals surface area contributed by atoms with Gasteiger partial charge in [-0.3, -0.25) is 4.79 Å². The van der Waals surface area contributed by atoms with Crippen LogP contribution in [0.1, 0.15) is 10.8 Å². The summed E-state index contributed by atoms with van der Waals surface area (Å²) in [5.74, 6) is 0.183. The monoisotopic (exact) mass is 356 g/mol. The fraction of sp³-hybridized carbons (Fsp3) is 0.158. The second-order valence-corrected chi connectivity index (χ2v) is 6.69. The van der Waals surface area contributed by atoms with E-state index in [0.717, 1.165) is 11.1 Å². The van der Waals surface area contributed by atoms with Crippen LogP contribution < -0.4 is 0 Å². The number of benzene rings is 2. The topological polar surface area (TPSA) is 46.3 Å². The molecule has 6 heteroatoms. The number of rotatable bonds is 5. The van der Waals surface area contributed by atoms with Crippen LogP contribution >= 0.6 is 11.8 Å². The molecule has 0 N–H and O–H groups in total. The highest BCUT2D eigenvalue weighted by atomic mass is 32.2. The molecule has 1 heterocycles. The zero-order valence-corrected chi connectivity index (χ0v) is 14.7. The van der Waals surface area contributed by atoms with E-state index in [-0.39, 0.29) is 11.7 Å². The minimum atomic E-state index is -0.448. The van der Waals surface area contributed by atoms with Crippen molar-refractivity contribution < 1.29 is 13.6 Å². The van der Waals surface area contributed by atoms with Gasteiger partial charge in [-0.1, -0.05) is 30.3 Å². The number of nitrogens with zero attached hydrogens (tertiary/aromatic N) is 2. The van der Waals surface area contributed by atoms with Crippen molar-refractivity contribution in [1.82, 2.24) is 9.88 Å². The maximum Gasteiger partial charge on any atom is 0.257 e. The molecule has 0 radical (unpaired) electrons. The molecule has 1 unspecified atom stereocenters. The highest BCUT2D eigenvalue weighted by Crippen LogP contribution is 2.37. The largest absolute Gasteiger partial charge is 0.431 e. The van der Waals surface area contributed by atoms with E-state index in [4.69, 9.17) is 4.42 Å². The fourth-order valence-corrected chi connectivity index (χ4v) is 3.34. The summed E-state index contributed by atoms with van der Waals surface area (Å²) >= 11 is 1.25. The molecule has 1 aromatic heterocycles.